The summed E-state index contributed by atoms with van der Waals surface area (Å²) in [6, 6.07) is 5.28. The minimum absolute atomic E-state index is 0.173. The molecule has 16 heavy (non-hydrogen) atoms. The van der Waals surface area contributed by atoms with Crippen molar-refractivity contribution >= 4 is 40.9 Å². The van der Waals surface area contributed by atoms with Gasteiger partial charge in [-0.15, -0.1) is 11.8 Å². The van der Waals surface area contributed by atoms with Crippen LogP contribution < -0.4 is 0 Å². The van der Waals surface area contributed by atoms with E-state index in [1.54, 1.807) is 18.2 Å². The van der Waals surface area contributed by atoms with Crippen LogP contribution in [0.15, 0.2) is 23.1 Å². The van der Waals surface area contributed by atoms with E-state index in [4.69, 9.17) is 23.2 Å². The fraction of sp³-hybridized carbons (Fsp3) is 0.364. The summed E-state index contributed by atoms with van der Waals surface area (Å²) in [7, 11) is 0. The molecule has 0 bridgehead atoms. The first-order valence-corrected chi connectivity index (χ1v) is 6.76. The van der Waals surface area contributed by atoms with Crippen molar-refractivity contribution in [2.24, 2.45) is 0 Å². The number of carbonyl (C=O) groups excluding carboxylic acids is 1. The molecule has 0 aliphatic carbocycles. The van der Waals surface area contributed by atoms with Crippen LogP contribution in [0.25, 0.3) is 0 Å². The SMILES string of the molecule is O=C(CSc1cc(Cl)ccc1Cl)N1CCC1. The Morgan fingerprint density at radius 2 is 2.12 bits per heavy atom. The average molecular weight is 276 g/mol. The summed E-state index contributed by atoms with van der Waals surface area (Å²) in [5.74, 6) is 0.604. The highest BCUT2D eigenvalue weighted by molar-refractivity contribution is 8.00. The van der Waals surface area contributed by atoms with Crippen LogP contribution in [0.1, 0.15) is 6.42 Å². The van der Waals surface area contributed by atoms with Gasteiger partial charge in [-0.1, -0.05) is 23.2 Å². The second-order valence-electron chi connectivity index (χ2n) is 3.60. The Morgan fingerprint density at radius 1 is 1.38 bits per heavy atom. The van der Waals surface area contributed by atoms with Gasteiger partial charge in [-0.05, 0) is 24.6 Å². The molecule has 0 saturated carbocycles. The fourth-order valence-corrected chi connectivity index (χ4v) is 2.78. The summed E-state index contributed by atoms with van der Waals surface area (Å²) in [6.45, 7) is 1.78. The van der Waals surface area contributed by atoms with Crippen LogP contribution in [-0.4, -0.2) is 29.6 Å². The van der Waals surface area contributed by atoms with Crippen molar-refractivity contribution in [3.63, 3.8) is 0 Å². The first-order chi connectivity index (χ1) is 7.66. The molecule has 1 aromatic rings. The molecule has 2 nitrogen and oxygen atoms in total. The monoisotopic (exact) mass is 275 g/mol. The maximum atomic E-state index is 11.6. The lowest BCUT2D eigenvalue weighted by Gasteiger charge is -2.30. The van der Waals surface area contributed by atoms with Crippen LogP contribution in [0.4, 0.5) is 0 Å². The molecule has 1 aliphatic heterocycles. The highest BCUT2D eigenvalue weighted by Gasteiger charge is 2.20. The molecule has 1 aliphatic rings. The summed E-state index contributed by atoms with van der Waals surface area (Å²) in [5.41, 5.74) is 0. The minimum Gasteiger partial charge on any atom is -0.342 e. The maximum Gasteiger partial charge on any atom is 0.232 e. The smallest absolute Gasteiger partial charge is 0.232 e. The van der Waals surface area contributed by atoms with E-state index in [0.717, 1.165) is 24.4 Å². The number of hydrogen-bond donors (Lipinski definition) is 0. The molecule has 0 atom stereocenters. The second kappa shape index (κ2) is 5.30. The number of halogens is 2. The molecule has 0 radical (unpaired) electrons. The van der Waals surface area contributed by atoms with Crippen molar-refractivity contribution in [3.8, 4) is 0 Å². The summed E-state index contributed by atoms with van der Waals surface area (Å²) in [4.78, 5) is 14.3. The van der Waals surface area contributed by atoms with Gasteiger partial charge >= 0.3 is 0 Å². The van der Waals surface area contributed by atoms with Crippen molar-refractivity contribution in [2.45, 2.75) is 11.3 Å². The van der Waals surface area contributed by atoms with Gasteiger partial charge < -0.3 is 4.90 Å². The second-order valence-corrected chi connectivity index (χ2v) is 5.46. The van der Waals surface area contributed by atoms with E-state index < -0.39 is 0 Å². The van der Waals surface area contributed by atoms with Gasteiger partial charge in [-0.2, -0.15) is 0 Å². The van der Waals surface area contributed by atoms with E-state index in [1.807, 2.05) is 4.90 Å². The molecule has 86 valence electrons. The number of benzene rings is 1. The van der Waals surface area contributed by atoms with Crippen LogP contribution >= 0.6 is 35.0 Å². The number of amides is 1. The Hall–Kier alpha value is -0.380. The van der Waals surface area contributed by atoms with Crippen molar-refractivity contribution in [1.29, 1.82) is 0 Å². The lowest BCUT2D eigenvalue weighted by Crippen LogP contribution is -2.43. The standard InChI is InChI=1S/C11H11Cl2NOS/c12-8-2-3-9(13)10(6-8)16-7-11(15)14-4-1-5-14/h2-3,6H,1,4-5,7H2. The number of hydrogen-bond acceptors (Lipinski definition) is 2. The van der Waals surface area contributed by atoms with Gasteiger partial charge in [0.1, 0.15) is 0 Å². The molecule has 2 rings (SSSR count). The molecular weight excluding hydrogens is 265 g/mol. The van der Waals surface area contributed by atoms with Crippen molar-refractivity contribution in [2.75, 3.05) is 18.8 Å². The van der Waals surface area contributed by atoms with Gasteiger partial charge in [-0.3, -0.25) is 4.79 Å². The first kappa shape index (κ1) is 12.1. The topological polar surface area (TPSA) is 20.3 Å². The lowest BCUT2D eigenvalue weighted by atomic mass is 10.2. The van der Waals surface area contributed by atoms with E-state index in [9.17, 15) is 4.79 Å². The number of nitrogens with zero attached hydrogens (tertiary/aromatic N) is 1. The van der Waals surface area contributed by atoms with Gasteiger partial charge in [0.15, 0.2) is 0 Å². The first-order valence-electron chi connectivity index (χ1n) is 5.02. The average Bonchev–Trinajstić information content (AvgIpc) is 2.17. The molecule has 5 heteroatoms. The highest BCUT2D eigenvalue weighted by Crippen LogP contribution is 2.30. The van der Waals surface area contributed by atoms with Gasteiger partial charge in [0.25, 0.3) is 0 Å². The number of thioether (sulfide) groups is 1. The number of rotatable bonds is 3. The van der Waals surface area contributed by atoms with Crippen LogP contribution in [0.5, 0.6) is 0 Å². The van der Waals surface area contributed by atoms with E-state index in [1.165, 1.54) is 11.8 Å². The third-order valence-electron chi connectivity index (χ3n) is 2.45. The summed E-state index contributed by atoms with van der Waals surface area (Å²) in [6.07, 6.45) is 1.12. The van der Waals surface area contributed by atoms with Gasteiger partial charge in [0.05, 0.1) is 10.8 Å². The zero-order valence-electron chi connectivity index (χ0n) is 8.58. The van der Waals surface area contributed by atoms with Crippen LogP contribution in [-0.2, 0) is 4.79 Å². The Morgan fingerprint density at radius 3 is 2.75 bits per heavy atom. The van der Waals surface area contributed by atoms with Crippen LogP contribution in [0, 0.1) is 0 Å². The maximum absolute atomic E-state index is 11.6. The lowest BCUT2D eigenvalue weighted by molar-refractivity contribution is -0.131. The minimum atomic E-state index is 0.173. The molecule has 1 amide bonds. The summed E-state index contributed by atoms with van der Waals surface area (Å²) < 4.78 is 0. The predicted molar refractivity (Wildman–Crippen MR) is 68.4 cm³/mol. The van der Waals surface area contributed by atoms with Crippen LogP contribution in [0.2, 0.25) is 10.0 Å². The molecule has 1 fully saturated rings. The quantitative estimate of drug-likeness (QED) is 0.789. The van der Waals surface area contributed by atoms with E-state index >= 15 is 0 Å². The summed E-state index contributed by atoms with van der Waals surface area (Å²) >= 11 is 13.3. The Balaban J connectivity index is 1.93. The molecule has 0 unspecified atom stereocenters. The van der Waals surface area contributed by atoms with Crippen molar-refractivity contribution < 1.29 is 4.79 Å². The van der Waals surface area contributed by atoms with Gasteiger partial charge in [0.2, 0.25) is 5.91 Å². The number of likely N-dealkylation sites (tertiary alicyclic amines) is 1. The van der Waals surface area contributed by atoms with Crippen LogP contribution in [0.3, 0.4) is 0 Å². The largest absolute Gasteiger partial charge is 0.342 e. The third-order valence-corrected chi connectivity index (χ3v) is 4.17. The summed E-state index contributed by atoms with van der Waals surface area (Å²) in [5, 5.41) is 1.29. The van der Waals surface area contributed by atoms with E-state index in [-0.39, 0.29) is 5.91 Å². The normalized spacial score (nSPS) is 14.8. The molecular formula is C11H11Cl2NOS. The van der Waals surface area contributed by atoms with E-state index in [2.05, 4.69) is 0 Å². The van der Waals surface area contributed by atoms with Crippen molar-refractivity contribution in [1.82, 2.24) is 4.90 Å². The fourth-order valence-electron chi connectivity index (χ4n) is 1.38. The number of carbonyl (C=O) groups is 1. The Kier molecular flexibility index (Phi) is 4.00. The van der Waals surface area contributed by atoms with Crippen molar-refractivity contribution in [3.05, 3.63) is 28.2 Å². The highest BCUT2D eigenvalue weighted by atomic mass is 35.5. The zero-order valence-corrected chi connectivity index (χ0v) is 10.9. The molecule has 1 heterocycles. The molecule has 0 aromatic heterocycles. The molecule has 0 spiro atoms. The van der Waals surface area contributed by atoms with Gasteiger partial charge in [0, 0.05) is 23.0 Å². The van der Waals surface area contributed by atoms with Gasteiger partial charge in [-0.25, -0.2) is 0 Å². The van der Waals surface area contributed by atoms with E-state index in [0.29, 0.717) is 15.8 Å². The Bertz CT molecular complexity index is 407. The molecule has 0 N–H and O–H groups in total. The Labute approximate surface area is 109 Å². The molecule has 1 aromatic carbocycles. The third kappa shape index (κ3) is 2.84. The zero-order chi connectivity index (χ0) is 11.5. The predicted octanol–water partition coefficient (Wildman–Crippen LogP) is 3.32. The molecule has 1 saturated heterocycles.